The van der Waals surface area contributed by atoms with Crippen molar-refractivity contribution in [3.63, 3.8) is 0 Å². The number of benzene rings is 2. The van der Waals surface area contributed by atoms with Crippen LogP contribution in [0, 0.1) is 5.82 Å². The number of nitrogens with one attached hydrogen (secondary N) is 1. The summed E-state index contributed by atoms with van der Waals surface area (Å²) in [6, 6.07) is 12.2. The van der Waals surface area contributed by atoms with Gasteiger partial charge in [0.2, 0.25) is 5.91 Å². The lowest BCUT2D eigenvalue weighted by Gasteiger charge is -2.35. The Morgan fingerprint density at radius 2 is 1.97 bits per heavy atom. The molecule has 2 aromatic carbocycles. The van der Waals surface area contributed by atoms with Crippen molar-refractivity contribution >= 4 is 33.2 Å². The van der Waals surface area contributed by atoms with Crippen LogP contribution in [0.5, 0.6) is 5.75 Å². The van der Waals surface area contributed by atoms with E-state index < -0.39 is 0 Å². The number of piperazine rings is 1. The fourth-order valence-corrected chi connectivity index (χ4v) is 4.49. The van der Waals surface area contributed by atoms with Crippen LogP contribution in [-0.2, 0) is 11.8 Å². The van der Waals surface area contributed by atoms with Crippen LogP contribution < -0.4 is 15.0 Å². The molecule has 7 nitrogen and oxygen atoms in total. The molecule has 0 spiro atoms. The summed E-state index contributed by atoms with van der Waals surface area (Å²) in [5.74, 6) is 0.381. The van der Waals surface area contributed by atoms with E-state index in [-0.39, 0.29) is 11.7 Å². The molecule has 0 aliphatic carbocycles. The van der Waals surface area contributed by atoms with Crippen LogP contribution in [0.2, 0.25) is 0 Å². The zero-order valence-electron chi connectivity index (χ0n) is 18.0. The van der Waals surface area contributed by atoms with Gasteiger partial charge in [-0.2, -0.15) is 5.10 Å². The molecule has 1 amide bonds. The lowest BCUT2D eigenvalue weighted by Crippen LogP contribution is -2.48. The van der Waals surface area contributed by atoms with Gasteiger partial charge in [-0.15, -0.1) is 0 Å². The molecule has 9 heteroatoms. The van der Waals surface area contributed by atoms with Gasteiger partial charge in [0.1, 0.15) is 11.6 Å². The number of methoxy groups -OCH3 is 1. The van der Waals surface area contributed by atoms with Crippen LogP contribution in [0.15, 0.2) is 53.1 Å². The Bertz CT molecular complexity index is 1090. The average molecular weight is 502 g/mol. The number of nitrogens with zero attached hydrogens (tertiary/aromatic N) is 4. The molecule has 1 aliphatic rings. The molecule has 1 fully saturated rings. The topological polar surface area (TPSA) is 62.6 Å². The molecule has 0 radical (unpaired) electrons. The van der Waals surface area contributed by atoms with Crippen molar-refractivity contribution in [2.75, 3.05) is 50.1 Å². The molecule has 1 aliphatic heterocycles. The highest BCUT2D eigenvalue weighted by Gasteiger charge is 2.20. The molecule has 32 heavy (non-hydrogen) atoms. The number of carbonyl (C=O) groups excluding carboxylic acids is 1. The highest BCUT2D eigenvalue weighted by Crippen LogP contribution is 2.36. The number of rotatable bonds is 6. The Balaban J connectivity index is 1.38. The van der Waals surface area contributed by atoms with Gasteiger partial charge in [0, 0.05) is 50.2 Å². The second-order valence-corrected chi connectivity index (χ2v) is 8.53. The first-order valence-electron chi connectivity index (χ1n) is 10.3. The summed E-state index contributed by atoms with van der Waals surface area (Å²) in [7, 11) is 3.47. The third kappa shape index (κ3) is 4.94. The van der Waals surface area contributed by atoms with Crippen molar-refractivity contribution in [1.29, 1.82) is 0 Å². The van der Waals surface area contributed by atoms with Crippen LogP contribution in [-0.4, -0.2) is 60.4 Å². The largest absolute Gasteiger partial charge is 0.496 e. The monoisotopic (exact) mass is 501 g/mol. The van der Waals surface area contributed by atoms with Crippen molar-refractivity contribution in [3.05, 3.63) is 59.0 Å². The first kappa shape index (κ1) is 22.3. The van der Waals surface area contributed by atoms with Crippen molar-refractivity contribution in [2.24, 2.45) is 7.05 Å². The van der Waals surface area contributed by atoms with Crippen molar-refractivity contribution < 1.29 is 13.9 Å². The van der Waals surface area contributed by atoms with Crippen LogP contribution in [0.4, 0.5) is 15.8 Å². The first-order valence-corrected chi connectivity index (χ1v) is 11.1. The molecular weight excluding hydrogens is 477 g/mol. The number of aryl methyl sites for hydroxylation is 1. The van der Waals surface area contributed by atoms with Gasteiger partial charge in [0.25, 0.3) is 0 Å². The number of hydrogen-bond acceptors (Lipinski definition) is 5. The predicted octanol–water partition coefficient (Wildman–Crippen LogP) is 3.76. The standard InChI is InChI=1S/C23H25BrFN5O2/c1-28-23(20(24)14-26-28)19-13-17(6-7-21(19)32-2)27-22(31)15-29-8-10-30(11-9-29)18-5-3-4-16(25)12-18/h3-7,12-14H,8-11,15H2,1-2H3,(H,27,31). The summed E-state index contributed by atoms with van der Waals surface area (Å²) < 4.78 is 21.6. The molecule has 0 atom stereocenters. The van der Waals surface area contributed by atoms with E-state index >= 15 is 0 Å². The van der Waals surface area contributed by atoms with Crippen molar-refractivity contribution in [3.8, 4) is 17.0 Å². The average Bonchev–Trinajstić information content (AvgIpc) is 3.12. The van der Waals surface area contributed by atoms with Gasteiger partial charge in [-0.3, -0.25) is 14.4 Å². The third-order valence-electron chi connectivity index (χ3n) is 5.55. The minimum absolute atomic E-state index is 0.0793. The molecule has 3 aromatic rings. The second-order valence-electron chi connectivity index (χ2n) is 7.67. The maximum absolute atomic E-state index is 13.5. The van der Waals surface area contributed by atoms with Crippen molar-refractivity contribution in [2.45, 2.75) is 0 Å². The summed E-state index contributed by atoms with van der Waals surface area (Å²) in [6.07, 6.45) is 1.73. The fraction of sp³-hybridized carbons (Fsp3) is 0.304. The zero-order chi connectivity index (χ0) is 22.7. The molecule has 1 N–H and O–H groups in total. The van der Waals surface area contributed by atoms with Gasteiger partial charge in [0.05, 0.1) is 30.0 Å². The maximum Gasteiger partial charge on any atom is 0.238 e. The van der Waals surface area contributed by atoms with E-state index in [0.29, 0.717) is 18.0 Å². The smallest absolute Gasteiger partial charge is 0.238 e. The Hall–Kier alpha value is -2.91. The molecular formula is C23H25BrFN5O2. The minimum atomic E-state index is -0.235. The molecule has 1 aromatic heterocycles. The van der Waals surface area contributed by atoms with Crippen LogP contribution >= 0.6 is 15.9 Å². The highest BCUT2D eigenvalue weighted by molar-refractivity contribution is 9.10. The van der Waals surface area contributed by atoms with Gasteiger partial charge in [-0.05, 0) is 52.3 Å². The van der Waals surface area contributed by atoms with Gasteiger partial charge < -0.3 is 15.0 Å². The van der Waals surface area contributed by atoms with Crippen molar-refractivity contribution in [1.82, 2.24) is 14.7 Å². The lowest BCUT2D eigenvalue weighted by atomic mass is 10.1. The summed E-state index contributed by atoms with van der Waals surface area (Å²) in [4.78, 5) is 16.9. The van der Waals surface area contributed by atoms with Gasteiger partial charge in [-0.25, -0.2) is 4.39 Å². The third-order valence-corrected chi connectivity index (χ3v) is 6.13. The predicted molar refractivity (Wildman–Crippen MR) is 127 cm³/mol. The Morgan fingerprint density at radius 3 is 2.62 bits per heavy atom. The number of anilines is 2. The summed E-state index contributed by atoms with van der Waals surface area (Å²) >= 11 is 3.53. The molecule has 2 heterocycles. The summed E-state index contributed by atoms with van der Waals surface area (Å²) in [6.45, 7) is 3.27. The van der Waals surface area contributed by atoms with Gasteiger partial charge in [-0.1, -0.05) is 6.07 Å². The highest BCUT2D eigenvalue weighted by atomic mass is 79.9. The molecule has 0 saturated carbocycles. The van der Waals surface area contributed by atoms with E-state index in [0.717, 1.165) is 47.6 Å². The van der Waals surface area contributed by atoms with Crippen LogP contribution in [0.3, 0.4) is 0 Å². The maximum atomic E-state index is 13.5. The van der Waals surface area contributed by atoms with E-state index in [4.69, 9.17) is 4.74 Å². The molecule has 168 valence electrons. The number of carbonyl (C=O) groups is 1. The SMILES string of the molecule is COc1ccc(NC(=O)CN2CCN(c3cccc(F)c3)CC2)cc1-c1c(Br)cnn1C. The number of halogens is 2. The minimum Gasteiger partial charge on any atom is -0.496 e. The molecule has 1 saturated heterocycles. The van der Waals surface area contributed by atoms with E-state index in [9.17, 15) is 9.18 Å². The lowest BCUT2D eigenvalue weighted by molar-refractivity contribution is -0.117. The van der Waals surface area contributed by atoms with E-state index in [1.165, 1.54) is 6.07 Å². The van der Waals surface area contributed by atoms with Gasteiger partial charge >= 0.3 is 0 Å². The van der Waals surface area contributed by atoms with Crippen LogP contribution in [0.1, 0.15) is 0 Å². The van der Waals surface area contributed by atoms with E-state index in [1.807, 2.05) is 31.3 Å². The molecule has 4 rings (SSSR count). The summed E-state index contributed by atoms with van der Waals surface area (Å²) in [5.41, 5.74) is 3.27. The first-order chi connectivity index (χ1) is 15.4. The number of aromatic nitrogens is 2. The molecule has 0 bridgehead atoms. The zero-order valence-corrected chi connectivity index (χ0v) is 19.6. The Labute approximate surface area is 194 Å². The second kappa shape index (κ2) is 9.70. The number of hydrogen-bond donors (Lipinski definition) is 1. The number of amides is 1. The van der Waals surface area contributed by atoms with E-state index in [1.54, 1.807) is 30.1 Å². The van der Waals surface area contributed by atoms with Crippen LogP contribution in [0.25, 0.3) is 11.3 Å². The summed E-state index contributed by atoms with van der Waals surface area (Å²) in [5, 5.41) is 7.25. The Morgan fingerprint density at radius 1 is 1.19 bits per heavy atom. The van der Waals surface area contributed by atoms with E-state index in [2.05, 4.69) is 36.1 Å². The van der Waals surface area contributed by atoms with Gasteiger partial charge in [0.15, 0.2) is 0 Å². The quantitative estimate of drug-likeness (QED) is 0.557. The fourth-order valence-electron chi connectivity index (χ4n) is 3.93. The number of ether oxygens (including phenoxy) is 1. The normalized spacial score (nSPS) is 14.4. The molecule has 0 unspecified atom stereocenters. The Kier molecular flexibility index (Phi) is 6.76.